The SMILES string of the molecule is Cn1c(CCc2nc3ccc4ncccc4n3n2)nc2c3ccccc3ccc21. The van der Waals surface area contributed by atoms with Gasteiger partial charge in [0.1, 0.15) is 5.82 Å². The van der Waals surface area contributed by atoms with Crippen LogP contribution in [0.1, 0.15) is 11.6 Å². The minimum absolute atomic E-state index is 0.735. The van der Waals surface area contributed by atoms with Crippen molar-refractivity contribution in [2.45, 2.75) is 12.8 Å². The van der Waals surface area contributed by atoms with Crippen LogP contribution in [0.5, 0.6) is 0 Å². The normalized spacial score (nSPS) is 11.9. The van der Waals surface area contributed by atoms with Crippen molar-refractivity contribution in [3.63, 3.8) is 0 Å². The molecule has 0 spiro atoms. The quantitative estimate of drug-likeness (QED) is 0.465. The molecule has 0 aliphatic heterocycles. The zero-order valence-corrected chi connectivity index (χ0v) is 15.9. The van der Waals surface area contributed by atoms with Crippen LogP contribution in [-0.4, -0.2) is 29.1 Å². The molecule has 0 saturated heterocycles. The smallest absolute Gasteiger partial charge is 0.156 e. The van der Waals surface area contributed by atoms with Crippen molar-refractivity contribution in [1.29, 1.82) is 0 Å². The maximum absolute atomic E-state index is 4.95. The Morgan fingerprint density at radius 3 is 2.72 bits per heavy atom. The summed E-state index contributed by atoms with van der Waals surface area (Å²) in [5.74, 6) is 1.86. The van der Waals surface area contributed by atoms with Crippen molar-refractivity contribution in [2.75, 3.05) is 0 Å². The summed E-state index contributed by atoms with van der Waals surface area (Å²) in [6.07, 6.45) is 3.31. The van der Waals surface area contributed by atoms with Gasteiger partial charge in [0.25, 0.3) is 0 Å². The molecule has 140 valence electrons. The van der Waals surface area contributed by atoms with Gasteiger partial charge in [-0.1, -0.05) is 30.3 Å². The molecule has 6 aromatic rings. The number of hydrogen-bond acceptors (Lipinski definition) is 4. The van der Waals surface area contributed by atoms with E-state index in [9.17, 15) is 0 Å². The van der Waals surface area contributed by atoms with Crippen LogP contribution >= 0.6 is 0 Å². The number of fused-ring (bicyclic) bond motifs is 6. The van der Waals surface area contributed by atoms with E-state index in [1.54, 1.807) is 6.20 Å². The molecule has 0 radical (unpaired) electrons. The largest absolute Gasteiger partial charge is 0.331 e. The van der Waals surface area contributed by atoms with Gasteiger partial charge in [-0.15, -0.1) is 0 Å². The van der Waals surface area contributed by atoms with Crippen LogP contribution in [0.25, 0.3) is 38.5 Å². The first-order valence-electron chi connectivity index (χ1n) is 9.70. The topological polar surface area (TPSA) is 60.9 Å². The van der Waals surface area contributed by atoms with E-state index in [1.165, 1.54) is 10.8 Å². The number of benzene rings is 2. The minimum Gasteiger partial charge on any atom is -0.331 e. The fraction of sp³-hybridized carbons (Fsp3) is 0.130. The van der Waals surface area contributed by atoms with E-state index < -0.39 is 0 Å². The predicted octanol–water partition coefficient (Wildman–Crippen LogP) is 4.10. The first kappa shape index (κ1) is 16.2. The third-order valence-electron chi connectivity index (χ3n) is 5.55. The first-order chi connectivity index (χ1) is 14.3. The summed E-state index contributed by atoms with van der Waals surface area (Å²) >= 11 is 0. The Bertz CT molecular complexity index is 1520. The molecule has 0 aliphatic carbocycles. The van der Waals surface area contributed by atoms with Crippen LogP contribution in [0.4, 0.5) is 0 Å². The van der Waals surface area contributed by atoms with E-state index in [-0.39, 0.29) is 0 Å². The Kier molecular flexibility index (Phi) is 3.41. The number of rotatable bonds is 3. The average Bonchev–Trinajstić information content (AvgIpc) is 3.33. The highest BCUT2D eigenvalue weighted by atomic mass is 15.3. The van der Waals surface area contributed by atoms with E-state index in [0.29, 0.717) is 0 Å². The highest BCUT2D eigenvalue weighted by molar-refractivity contribution is 6.04. The number of aromatic nitrogens is 6. The van der Waals surface area contributed by atoms with Gasteiger partial charge in [-0.3, -0.25) is 4.98 Å². The second-order valence-corrected chi connectivity index (χ2v) is 7.28. The number of aryl methyl sites for hydroxylation is 3. The molecule has 29 heavy (non-hydrogen) atoms. The molecule has 0 atom stereocenters. The molecule has 6 rings (SSSR count). The fourth-order valence-electron chi connectivity index (χ4n) is 4.05. The van der Waals surface area contributed by atoms with Crippen molar-refractivity contribution >= 4 is 38.5 Å². The maximum atomic E-state index is 4.95. The van der Waals surface area contributed by atoms with Gasteiger partial charge in [0.15, 0.2) is 11.5 Å². The first-order valence-corrected chi connectivity index (χ1v) is 9.70. The molecule has 0 saturated carbocycles. The van der Waals surface area contributed by atoms with Crippen LogP contribution in [0.15, 0.2) is 66.9 Å². The molecule has 0 fully saturated rings. The number of imidazole rings is 1. The second-order valence-electron chi connectivity index (χ2n) is 7.28. The van der Waals surface area contributed by atoms with Crippen molar-refractivity contribution in [2.24, 2.45) is 7.05 Å². The summed E-state index contributed by atoms with van der Waals surface area (Å²) in [6, 6.07) is 20.6. The monoisotopic (exact) mass is 378 g/mol. The van der Waals surface area contributed by atoms with E-state index in [2.05, 4.69) is 53.0 Å². The van der Waals surface area contributed by atoms with Crippen molar-refractivity contribution in [3.8, 4) is 0 Å². The molecule has 0 aliphatic rings. The van der Waals surface area contributed by atoms with E-state index >= 15 is 0 Å². The predicted molar refractivity (Wildman–Crippen MR) is 114 cm³/mol. The zero-order chi connectivity index (χ0) is 19.4. The summed E-state index contributed by atoms with van der Waals surface area (Å²) in [6.45, 7) is 0. The van der Waals surface area contributed by atoms with Gasteiger partial charge in [0, 0.05) is 31.5 Å². The lowest BCUT2D eigenvalue weighted by Crippen LogP contribution is -2.01. The fourth-order valence-corrected chi connectivity index (χ4v) is 4.05. The van der Waals surface area contributed by atoms with Gasteiger partial charge in [-0.2, -0.15) is 5.10 Å². The van der Waals surface area contributed by atoms with Crippen LogP contribution in [0.2, 0.25) is 0 Å². The van der Waals surface area contributed by atoms with E-state index in [1.807, 2.05) is 28.8 Å². The summed E-state index contributed by atoms with van der Waals surface area (Å²) in [7, 11) is 2.08. The minimum atomic E-state index is 0.735. The summed E-state index contributed by atoms with van der Waals surface area (Å²) in [4.78, 5) is 14.0. The van der Waals surface area contributed by atoms with Crippen molar-refractivity contribution in [1.82, 2.24) is 29.1 Å². The molecule has 0 bridgehead atoms. The lowest BCUT2D eigenvalue weighted by molar-refractivity contribution is 0.758. The summed E-state index contributed by atoms with van der Waals surface area (Å²) in [5.41, 5.74) is 4.94. The van der Waals surface area contributed by atoms with Gasteiger partial charge < -0.3 is 4.57 Å². The standard InChI is InChI=1S/C23H18N6/c1-28-19-10-8-15-5-2-3-6-16(15)23(19)26-21(28)13-11-20-25-22-12-9-17-18(29(22)27-20)7-4-14-24-17/h2-10,12,14H,11,13H2,1H3. The van der Waals surface area contributed by atoms with Gasteiger partial charge in [0.05, 0.1) is 22.1 Å². The number of nitrogens with zero attached hydrogens (tertiary/aromatic N) is 6. The molecule has 0 amide bonds. The Morgan fingerprint density at radius 1 is 0.828 bits per heavy atom. The van der Waals surface area contributed by atoms with E-state index in [4.69, 9.17) is 15.1 Å². The van der Waals surface area contributed by atoms with Crippen LogP contribution in [0, 0.1) is 0 Å². The van der Waals surface area contributed by atoms with Gasteiger partial charge in [-0.05, 0) is 35.7 Å². The van der Waals surface area contributed by atoms with Gasteiger partial charge in [0.2, 0.25) is 0 Å². The Morgan fingerprint density at radius 2 is 1.76 bits per heavy atom. The molecule has 0 unspecified atom stereocenters. The summed E-state index contributed by atoms with van der Waals surface area (Å²) < 4.78 is 4.05. The highest BCUT2D eigenvalue weighted by Gasteiger charge is 2.13. The molecule has 4 aromatic heterocycles. The molecule has 2 aromatic carbocycles. The third-order valence-corrected chi connectivity index (χ3v) is 5.55. The maximum Gasteiger partial charge on any atom is 0.156 e. The third kappa shape index (κ3) is 2.49. The average molecular weight is 378 g/mol. The van der Waals surface area contributed by atoms with Crippen molar-refractivity contribution < 1.29 is 0 Å². The molecule has 0 N–H and O–H groups in total. The Labute approximate surface area is 166 Å². The molecule has 6 nitrogen and oxygen atoms in total. The number of hydrogen-bond donors (Lipinski definition) is 0. The number of pyridine rings is 2. The van der Waals surface area contributed by atoms with Crippen LogP contribution in [0.3, 0.4) is 0 Å². The molecular weight excluding hydrogens is 360 g/mol. The van der Waals surface area contributed by atoms with Crippen molar-refractivity contribution in [3.05, 3.63) is 78.5 Å². The molecule has 6 heteroatoms. The lowest BCUT2D eigenvalue weighted by atomic mass is 10.1. The molecule has 4 heterocycles. The highest BCUT2D eigenvalue weighted by Crippen LogP contribution is 2.25. The van der Waals surface area contributed by atoms with Crippen LogP contribution in [-0.2, 0) is 19.9 Å². The van der Waals surface area contributed by atoms with E-state index in [0.717, 1.165) is 52.2 Å². The molecular formula is C23H18N6. The Hall–Kier alpha value is -3.80. The van der Waals surface area contributed by atoms with Crippen LogP contribution < -0.4 is 0 Å². The van der Waals surface area contributed by atoms with Gasteiger partial charge >= 0.3 is 0 Å². The summed E-state index contributed by atoms with van der Waals surface area (Å²) in [5, 5.41) is 7.12. The second kappa shape index (κ2) is 6.10. The lowest BCUT2D eigenvalue weighted by Gasteiger charge is -2.01. The van der Waals surface area contributed by atoms with Gasteiger partial charge in [-0.25, -0.2) is 14.5 Å². The zero-order valence-electron chi connectivity index (χ0n) is 15.9. The Balaban J connectivity index is 1.38.